The molecule has 1 saturated carbocycles. The van der Waals surface area contributed by atoms with Crippen LogP contribution in [-0.2, 0) is 4.79 Å². The van der Waals surface area contributed by atoms with Crippen molar-refractivity contribution in [3.63, 3.8) is 0 Å². The molecule has 2 unspecified atom stereocenters. The van der Waals surface area contributed by atoms with Crippen molar-refractivity contribution in [1.29, 1.82) is 0 Å². The minimum atomic E-state index is 0.451. The average molecular weight is 178 g/mol. The predicted octanol–water partition coefficient (Wildman–Crippen LogP) is 2.80. The molecule has 0 radical (unpaired) electrons. The molecule has 0 amide bonds. The zero-order valence-electron chi connectivity index (χ0n) is 8.60. The standard InChI is InChI=1S/C12H18O/c1-3-4-5-6-11-9-12(13)8-7-10(11)2/h10-11H,5-9H2,1-2H3. The fraction of sp³-hybridized carbons (Fsp3) is 0.750. The van der Waals surface area contributed by atoms with Crippen molar-refractivity contribution >= 4 is 5.78 Å². The van der Waals surface area contributed by atoms with E-state index in [1.165, 1.54) is 0 Å². The molecule has 0 aliphatic heterocycles. The van der Waals surface area contributed by atoms with E-state index < -0.39 is 0 Å². The first-order chi connectivity index (χ1) is 6.24. The van der Waals surface area contributed by atoms with Crippen molar-refractivity contribution in [2.45, 2.75) is 46.0 Å². The van der Waals surface area contributed by atoms with Crippen molar-refractivity contribution in [3.05, 3.63) is 0 Å². The van der Waals surface area contributed by atoms with Gasteiger partial charge in [0.25, 0.3) is 0 Å². The molecule has 0 N–H and O–H groups in total. The summed E-state index contributed by atoms with van der Waals surface area (Å²) in [4.78, 5) is 11.2. The van der Waals surface area contributed by atoms with E-state index in [1.54, 1.807) is 0 Å². The van der Waals surface area contributed by atoms with Gasteiger partial charge in [0.1, 0.15) is 5.78 Å². The minimum absolute atomic E-state index is 0.451. The fourth-order valence-electron chi connectivity index (χ4n) is 1.99. The van der Waals surface area contributed by atoms with Crippen LogP contribution in [0.15, 0.2) is 0 Å². The Labute approximate surface area is 80.9 Å². The summed E-state index contributed by atoms with van der Waals surface area (Å²) in [5, 5.41) is 0. The van der Waals surface area contributed by atoms with Crippen LogP contribution in [0.3, 0.4) is 0 Å². The average Bonchev–Trinajstić information content (AvgIpc) is 2.11. The van der Waals surface area contributed by atoms with Gasteiger partial charge in [0.2, 0.25) is 0 Å². The number of ketones is 1. The van der Waals surface area contributed by atoms with E-state index in [-0.39, 0.29) is 0 Å². The second-order valence-corrected chi connectivity index (χ2v) is 3.98. The highest BCUT2D eigenvalue weighted by molar-refractivity contribution is 5.79. The molecule has 0 aromatic rings. The molecule has 72 valence electrons. The summed E-state index contributed by atoms with van der Waals surface area (Å²) in [7, 11) is 0. The van der Waals surface area contributed by atoms with Crippen LogP contribution in [0.5, 0.6) is 0 Å². The normalized spacial score (nSPS) is 28.0. The van der Waals surface area contributed by atoms with Crippen LogP contribution >= 0.6 is 0 Å². The van der Waals surface area contributed by atoms with Gasteiger partial charge in [-0.05, 0) is 31.6 Å². The lowest BCUT2D eigenvalue weighted by Crippen LogP contribution is -2.22. The fourth-order valence-corrected chi connectivity index (χ4v) is 1.99. The quantitative estimate of drug-likeness (QED) is 0.594. The zero-order chi connectivity index (χ0) is 9.68. The molecular weight excluding hydrogens is 160 g/mol. The zero-order valence-corrected chi connectivity index (χ0v) is 8.60. The van der Waals surface area contributed by atoms with Crippen molar-refractivity contribution in [3.8, 4) is 11.8 Å². The maximum Gasteiger partial charge on any atom is 0.133 e. The molecule has 1 fully saturated rings. The molecule has 0 bridgehead atoms. The topological polar surface area (TPSA) is 17.1 Å². The van der Waals surface area contributed by atoms with Crippen LogP contribution in [0.4, 0.5) is 0 Å². The second-order valence-electron chi connectivity index (χ2n) is 3.98. The van der Waals surface area contributed by atoms with Gasteiger partial charge in [0.05, 0.1) is 0 Å². The highest BCUT2D eigenvalue weighted by Gasteiger charge is 2.25. The SMILES string of the molecule is CC#CCCC1CC(=O)CCC1C. The van der Waals surface area contributed by atoms with E-state index in [9.17, 15) is 4.79 Å². The van der Waals surface area contributed by atoms with Gasteiger partial charge < -0.3 is 0 Å². The van der Waals surface area contributed by atoms with Crippen LogP contribution < -0.4 is 0 Å². The summed E-state index contributed by atoms with van der Waals surface area (Å²) in [6.45, 7) is 4.13. The van der Waals surface area contributed by atoms with Gasteiger partial charge in [-0.3, -0.25) is 4.79 Å². The van der Waals surface area contributed by atoms with Gasteiger partial charge in [0, 0.05) is 19.3 Å². The summed E-state index contributed by atoms with van der Waals surface area (Å²) in [6, 6.07) is 0. The molecule has 1 heteroatoms. The Bertz CT molecular complexity index is 231. The molecule has 0 saturated heterocycles. The largest absolute Gasteiger partial charge is 0.300 e. The molecular formula is C12H18O. The maximum absolute atomic E-state index is 11.2. The van der Waals surface area contributed by atoms with Crippen molar-refractivity contribution in [1.82, 2.24) is 0 Å². The molecule has 0 aromatic carbocycles. The van der Waals surface area contributed by atoms with Crippen LogP contribution in [0.2, 0.25) is 0 Å². The number of hydrogen-bond donors (Lipinski definition) is 0. The van der Waals surface area contributed by atoms with Crippen molar-refractivity contribution in [2.75, 3.05) is 0 Å². The van der Waals surface area contributed by atoms with E-state index in [4.69, 9.17) is 0 Å². The summed E-state index contributed by atoms with van der Waals surface area (Å²) >= 11 is 0. The number of hydrogen-bond acceptors (Lipinski definition) is 1. The number of carbonyl (C=O) groups is 1. The maximum atomic E-state index is 11.2. The first-order valence-electron chi connectivity index (χ1n) is 5.15. The van der Waals surface area contributed by atoms with Gasteiger partial charge in [-0.2, -0.15) is 0 Å². The van der Waals surface area contributed by atoms with E-state index in [2.05, 4.69) is 18.8 Å². The Morgan fingerprint density at radius 1 is 1.54 bits per heavy atom. The van der Waals surface area contributed by atoms with Crippen molar-refractivity contribution < 1.29 is 4.79 Å². The predicted molar refractivity (Wildman–Crippen MR) is 54.2 cm³/mol. The Kier molecular flexibility index (Phi) is 4.02. The van der Waals surface area contributed by atoms with Crippen LogP contribution in [0.25, 0.3) is 0 Å². The molecule has 1 rings (SSSR count). The van der Waals surface area contributed by atoms with E-state index in [1.807, 2.05) is 6.92 Å². The van der Waals surface area contributed by atoms with E-state index in [0.29, 0.717) is 11.7 Å². The lowest BCUT2D eigenvalue weighted by Gasteiger charge is -2.27. The molecule has 1 aliphatic rings. The monoisotopic (exact) mass is 178 g/mol. The first-order valence-corrected chi connectivity index (χ1v) is 5.15. The molecule has 13 heavy (non-hydrogen) atoms. The third-order valence-electron chi connectivity index (χ3n) is 2.99. The van der Waals surface area contributed by atoms with Gasteiger partial charge in [0.15, 0.2) is 0 Å². The highest BCUT2D eigenvalue weighted by Crippen LogP contribution is 2.30. The molecule has 1 aliphatic carbocycles. The number of rotatable bonds is 2. The third-order valence-corrected chi connectivity index (χ3v) is 2.99. The van der Waals surface area contributed by atoms with Crippen molar-refractivity contribution in [2.24, 2.45) is 11.8 Å². The highest BCUT2D eigenvalue weighted by atomic mass is 16.1. The lowest BCUT2D eigenvalue weighted by atomic mass is 9.77. The molecule has 0 spiro atoms. The third kappa shape index (κ3) is 3.22. The summed E-state index contributed by atoms with van der Waals surface area (Å²) in [5.41, 5.74) is 0. The van der Waals surface area contributed by atoms with Gasteiger partial charge in [-0.15, -0.1) is 11.8 Å². The number of carbonyl (C=O) groups excluding carboxylic acids is 1. The Balaban J connectivity index is 2.36. The Hall–Kier alpha value is -0.770. The van der Waals surface area contributed by atoms with Gasteiger partial charge in [-0.1, -0.05) is 6.92 Å². The first kappa shape index (κ1) is 10.3. The van der Waals surface area contributed by atoms with Crippen LogP contribution in [-0.4, -0.2) is 5.78 Å². The minimum Gasteiger partial charge on any atom is -0.300 e. The number of Topliss-reactive ketones (excluding diaryl/α,β-unsaturated/α-hetero) is 1. The van der Waals surface area contributed by atoms with Gasteiger partial charge >= 0.3 is 0 Å². The lowest BCUT2D eigenvalue weighted by molar-refractivity contribution is -0.122. The molecule has 2 atom stereocenters. The summed E-state index contributed by atoms with van der Waals surface area (Å²) < 4.78 is 0. The van der Waals surface area contributed by atoms with Gasteiger partial charge in [-0.25, -0.2) is 0 Å². The van der Waals surface area contributed by atoms with E-state index >= 15 is 0 Å². The van der Waals surface area contributed by atoms with Crippen LogP contribution in [0, 0.1) is 23.7 Å². The molecule has 1 nitrogen and oxygen atoms in total. The molecule has 0 aromatic heterocycles. The summed E-state index contributed by atoms with van der Waals surface area (Å²) in [5.74, 6) is 7.74. The van der Waals surface area contributed by atoms with E-state index in [0.717, 1.165) is 38.0 Å². The Morgan fingerprint density at radius 3 is 3.00 bits per heavy atom. The summed E-state index contributed by atoms with van der Waals surface area (Å²) in [6.07, 6.45) is 4.75. The van der Waals surface area contributed by atoms with Crippen LogP contribution in [0.1, 0.15) is 46.0 Å². The second kappa shape index (κ2) is 5.07. The smallest absolute Gasteiger partial charge is 0.133 e. The Morgan fingerprint density at radius 2 is 2.31 bits per heavy atom. The molecule has 0 heterocycles.